The number of rotatable bonds is 2. The molecule has 0 amide bonds. The molecule has 0 aliphatic carbocycles. The Morgan fingerprint density at radius 2 is 2.09 bits per heavy atom. The Hall–Kier alpha value is -1.12. The van der Waals surface area contributed by atoms with E-state index in [1.807, 2.05) is 0 Å². The maximum Gasteiger partial charge on any atom is 0.165 e. The molecule has 0 aliphatic heterocycles. The molecule has 0 atom stereocenters. The van der Waals surface area contributed by atoms with Crippen LogP contribution in [-0.2, 0) is 0 Å². The zero-order valence-corrected chi connectivity index (χ0v) is 5.97. The third-order valence-electron chi connectivity index (χ3n) is 1.14. The predicted octanol–water partition coefficient (Wildman–Crippen LogP) is 2.53. The maximum atomic E-state index is 12.6. The fourth-order valence-corrected chi connectivity index (χ4v) is 0.694. The summed E-state index contributed by atoms with van der Waals surface area (Å²) in [5.41, 5.74) is 0. The van der Waals surface area contributed by atoms with Crippen molar-refractivity contribution in [2.45, 2.75) is 6.92 Å². The molecule has 0 N–H and O–H groups in total. The minimum Gasteiger partial charge on any atom is -0.484 e. The Bertz CT molecular complexity index is 248. The third-order valence-corrected chi connectivity index (χ3v) is 1.14. The van der Waals surface area contributed by atoms with Gasteiger partial charge in [0.1, 0.15) is 12.4 Å². The maximum absolute atomic E-state index is 12.6. The van der Waals surface area contributed by atoms with Crippen LogP contribution in [0.25, 0.3) is 0 Å². The molecule has 1 radical (unpaired) electrons. The van der Waals surface area contributed by atoms with E-state index in [9.17, 15) is 8.78 Å². The number of hydrogen-bond acceptors (Lipinski definition) is 1. The zero-order valence-electron chi connectivity index (χ0n) is 5.97. The molecule has 59 valence electrons. The third kappa shape index (κ3) is 1.90. The quantitative estimate of drug-likeness (QED) is 0.640. The molecule has 0 aromatic heterocycles. The summed E-state index contributed by atoms with van der Waals surface area (Å²) in [6.07, 6.45) is 0. The van der Waals surface area contributed by atoms with E-state index in [0.717, 1.165) is 18.2 Å². The van der Waals surface area contributed by atoms with E-state index in [4.69, 9.17) is 0 Å². The molecule has 11 heavy (non-hydrogen) atoms. The molecule has 0 heterocycles. The lowest BCUT2D eigenvalue weighted by Crippen LogP contribution is -1.90. The van der Waals surface area contributed by atoms with Crippen LogP contribution in [0.5, 0.6) is 5.75 Å². The van der Waals surface area contributed by atoms with Crippen LogP contribution in [0.2, 0.25) is 0 Å². The lowest BCUT2D eigenvalue weighted by molar-refractivity contribution is 0.385. The van der Waals surface area contributed by atoms with Crippen molar-refractivity contribution in [1.29, 1.82) is 0 Å². The highest BCUT2D eigenvalue weighted by molar-refractivity contribution is 5.25. The summed E-state index contributed by atoms with van der Waals surface area (Å²) in [6.45, 7) is 2.88. The van der Waals surface area contributed by atoms with Gasteiger partial charge in [0.15, 0.2) is 11.6 Å². The van der Waals surface area contributed by atoms with Gasteiger partial charge in [-0.1, -0.05) is 0 Å². The van der Waals surface area contributed by atoms with Crippen LogP contribution in [-0.4, -0.2) is 0 Å². The molecule has 0 bridgehead atoms. The van der Waals surface area contributed by atoms with Crippen molar-refractivity contribution in [1.82, 2.24) is 0 Å². The molecule has 3 heteroatoms. The highest BCUT2D eigenvalue weighted by Gasteiger charge is 2.02. The Balaban J connectivity index is 2.93. The van der Waals surface area contributed by atoms with Crippen molar-refractivity contribution in [2.24, 2.45) is 0 Å². The van der Waals surface area contributed by atoms with Gasteiger partial charge in [-0.2, -0.15) is 0 Å². The van der Waals surface area contributed by atoms with Gasteiger partial charge in [-0.3, -0.25) is 0 Å². The van der Waals surface area contributed by atoms with Crippen molar-refractivity contribution >= 4 is 0 Å². The van der Waals surface area contributed by atoms with Crippen LogP contribution in [0.15, 0.2) is 18.2 Å². The van der Waals surface area contributed by atoms with Gasteiger partial charge in [0.25, 0.3) is 0 Å². The Morgan fingerprint density at radius 3 is 2.73 bits per heavy atom. The second-order valence-corrected chi connectivity index (χ2v) is 1.93. The van der Waals surface area contributed by atoms with Crippen LogP contribution in [0, 0.1) is 18.2 Å². The fourth-order valence-electron chi connectivity index (χ4n) is 0.694. The highest BCUT2D eigenvalue weighted by Crippen LogP contribution is 2.18. The summed E-state index contributed by atoms with van der Waals surface area (Å²) in [6, 6.07) is 3.06. The summed E-state index contributed by atoms with van der Waals surface area (Å²) in [4.78, 5) is 0. The Kier molecular flexibility index (Phi) is 2.41. The van der Waals surface area contributed by atoms with Crippen LogP contribution >= 0.6 is 0 Å². The Labute approximate surface area is 63.6 Å². The van der Waals surface area contributed by atoms with Crippen LogP contribution in [0.3, 0.4) is 0 Å². The minimum absolute atomic E-state index is 0.0903. The van der Waals surface area contributed by atoms with Gasteiger partial charge in [0.2, 0.25) is 0 Å². The average Bonchev–Trinajstić information content (AvgIpc) is 1.98. The van der Waals surface area contributed by atoms with E-state index in [0.29, 0.717) is 0 Å². The molecule has 1 rings (SSSR count). The van der Waals surface area contributed by atoms with Gasteiger partial charge in [0.05, 0.1) is 0 Å². The van der Waals surface area contributed by atoms with Crippen LogP contribution in [0.4, 0.5) is 8.78 Å². The summed E-state index contributed by atoms with van der Waals surface area (Å²) >= 11 is 0. The van der Waals surface area contributed by atoms with E-state index in [2.05, 4.69) is 4.74 Å². The summed E-state index contributed by atoms with van der Waals surface area (Å²) in [7, 11) is 0. The Morgan fingerprint density at radius 1 is 1.36 bits per heavy atom. The predicted molar refractivity (Wildman–Crippen MR) is 37.0 cm³/mol. The van der Waals surface area contributed by atoms with Crippen molar-refractivity contribution in [3.05, 3.63) is 36.4 Å². The van der Waals surface area contributed by atoms with Gasteiger partial charge >= 0.3 is 0 Å². The molecule has 0 unspecified atom stereocenters. The number of halogens is 2. The smallest absolute Gasteiger partial charge is 0.165 e. The second kappa shape index (κ2) is 3.32. The van der Waals surface area contributed by atoms with Gasteiger partial charge in [-0.05, 0) is 19.1 Å². The first-order valence-electron chi connectivity index (χ1n) is 3.13. The molecule has 1 aromatic carbocycles. The number of hydrogen-bond donors (Lipinski definition) is 0. The van der Waals surface area contributed by atoms with Gasteiger partial charge < -0.3 is 4.74 Å². The van der Waals surface area contributed by atoms with Gasteiger partial charge in [-0.25, -0.2) is 8.78 Å². The van der Waals surface area contributed by atoms with Crippen molar-refractivity contribution in [3.63, 3.8) is 0 Å². The highest BCUT2D eigenvalue weighted by atomic mass is 19.1. The molecular formula is C8H7F2O. The fraction of sp³-hybridized carbons (Fsp3) is 0.125. The van der Waals surface area contributed by atoms with Gasteiger partial charge in [-0.15, -0.1) is 0 Å². The van der Waals surface area contributed by atoms with Crippen LogP contribution < -0.4 is 4.74 Å². The first-order valence-corrected chi connectivity index (χ1v) is 3.13. The van der Waals surface area contributed by atoms with Crippen LogP contribution in [0.1, 0.15) is 6.92 Å². The SMILES string of the molecule is C[CH]Oc1cc(F)ccc1F. The molecule has 0 saturated carbocycles. The molecule has 1 aromatic rings. The first kappa shape index (κ1) is 7.98. The summed E-state index contributed by atoms with van der Waals surface area (Å²) in [5.74, 6) is -1.17. The molecule has 1 nitrogen and oxygen atoms in total. The second-order valence-electron chi connectivity index (χ2n) is 1.93. The van der Waals surface area contributed by atoms with E-state index >= 15 is 0 Å². The van der Waals surface area contributed by atoms with Crippen molar-refractivity contribution < 1.29 is 13.5 Å². The topological polar surface area (TPSA) is 9.23 Å². The molecule has 0 aliphatic rings. The molecular weight excluding hydrogens is 150 g/mol. The monoisotopic (exact) mass is 157 g/mol. The average molecular weight is 157 g/mol. The van der Waals surface area contributed by atoms with Gasteiger partial charge in [0, 0.05) is 6.07 Å². The lowest BCUT2D eigenvalue weighted by Gasteiger charge is -2.02. The molecule has 0 fully saturated rings. The van der Waals surface area contributed by atoms with E-state index in [1.54, 1.807) is 6.92 Å². The van der Waals surface area contributed by atoms with Crippen molar-refractivity contribution in [2.75, 3.05) is 0 Å². The first-order chi connectivity index (χ1) is 5.24. The molecule has 0 spiro atoms. The summed E-state index contributed by atoms with van der Waals surface area (Å²) in [5, 5.41) is 0. The standard InChI is InChI=1S/C8H7F2O/c1-2-11-8-5-6(9)3-4-7(8)10/h2-5H,1H3. The normalized spacial score (nSPS) is 9.73. The summed E-state index contributed by atoms with van der Waals surface area (Å²) < 4.78 is 29.7. The van der Waals surface area contributed by atoms with E-state index in [-0.39, 0.29) is 5.75 Å². The molecule has 0 saturated heterocycles. The zero-order chi connectivity index (χ0) is 8.27. The largest absolute Gasteiger partial charge is 0.484 e. The van der Waals surface area contributed by atoms with Crippen molar-refractivity contribution in [3.8, 4) is 5.75 Å². The minimum atomic E-state index is -0.565. The lowest BCUT2D eigenvalue weighted by atomic mass is 10.3. The number of ether oxygens (including phenoxy) is 1. The van der Waals surface area contributed by atoms with E-state index < -0.39 is 11.6 Å². The number of benzene rings is 1. The van der Waals surface area contributed by atoms with E-state index in [1.165, 1.54) is 6.61 Å².